The van der Waals surface area contributed by atoms with Gasteiger partial charge in [-0.25, -0.2) is 0 Å². The van der Waals surface area contributed by atoms with Crippen molar-refractivity contribution in [1.82, 2.24) is 5.32 Å². The third-order valence-corrected chi connectivity index (χ3v) is 4.27. The van der Waals surface area contributed by atoms with E-state index in [4.69, 9.17) is 14.6 Å². The molecular formula is C20H26BrNO3. The molecule has 2 aromatic carbocycles. The van der Waals surface area contributed by atoms with Crippen LogP contribution in [0, 0.1) is 0 Å². The molecule has 136 valence electrons. The lowest BCUT2D eigenvalue weighted by Crippen LogP contribution is -2.15. The number of nitrogens with one attached hydrogen (secondary N) is 1. The smallest absolute Gasteiger partial charge is 0.175 e. The SMILES string of the molecule is CCOc1cc(CNCCCCO)cc(Br)c1OCc1ccccc1. The molecule has 0 saturated carbocycles. The van der Waals surface area contributed by atoms with Crippen LogP contribution in [0.25, 0.3) is 0 Å². The number of rotatable bonds is 11. The first kappa shape index (κ1) is 19.8. The molecule has 0 aliphatic heterocycles. The van der Waals surface area contributed by atoms with Gasteiger partial charge in [-0.1, -0.05) is 30.3 Å². The second-order valence-corrected chi connectivity index (χ2v) is 6.57. The van der Waals surface area contributed by atoms with Crippen molar-refractivity contribution in [3.8, 4) is 11.5 Å². The lowest BCUT2D eigenvalue weighted by Gasteiger charge is -2.16. The number of hydrogen-bond donors (Lipinski definition) is 2. The van der Waals surface area contributed by atoms with E-state index >= 15 is 0 Å². The summed E-state index contributed by atoms with van der Waals surface area (Å²) in [6, 6.07) is 14.2. The van der Waals surface area contributed by atoms with Crippen LogP contribution in [0.4, 0.5) is 0 Å². The quantitative estimate of drug-likeness (QED) is 0.545. The zero-order valence-electron chi connectivity index (χ0n) is 14.6. The second kappa shape index (κ2) is 11.1. The van der Waals surface area contributed by atoms with Gasteiger partial charge in [0.25, 0.3) is 0 Å². The summed E-state index contributed by atoms with van der Waals surface area (Å²) >= 11 is 3.61. The van der Waals surface area contributed by atoms with E-state index in [1.54, 1.807) is 0 Å². The van der Waals surface area contributed by atoms with Crippen LogP contribution in [-0.4, -0.2) is 24.9 Å². The molecule has 0 unspecified atom stereocenters. The molecule has 0 aliphatic carbocycles. The Morgan fingerprint density at radius 3 is 2.56 bits per heavy atom. The Kier molecular flexibility index (Phi) is 8.80. The van der Waals surface area contributed by atoms with Crippen molar-refractivity contribution in [3.05, 3.63) is 58.1 Å². The van der Waals surface area contributed by atoms with Crippen molar-refractivity contribution >= 4 is 15.9 Å². The van der Waals surface area contributed by atoms with Gasteiger partial charge in [0.15, 0.2) is 11.5 Å². The van der Waals surface area contributed by atoms with Gasteiger partial charge < -0.3 is 19.9 Å². The van der Waals surface area contributed by atoms with Crippen LogP contribution in [0.1, 0.15) is 30.9 Å². The number of aliphatic hydroxyl groups excluding tert-OH is 1. The summed E-state index contributed by atoms with van der Waals surface area (Å²) < 4.78 is 12.7. The zero-order valence-corrected chi connectivity index (χ0v) is 16.2. The van der Waals surface area contributed by atoms with E-state index in [0.29, 0.717) is 13.2 Å². The maximum absolute atomic E-state index is 8.81. The maximum Gasteiger partial charge on any atom is 0.175 e. The molecule has 4 nitrogen and oxygen atoms in total. The molecule has 0 fully saturated rings. The highest BCUT2D eigenvalue weighted by molar-refractivity contribution is 9.10. The highest BCUT2D eigenvalue weighted by Gasteiger charge is 2.12. The molecule has 0 heterocycles. The standard InChI is InChI=1S/C20H26BrNO3/c1-2-24-19-13-17(14-22-10-6-7-11-23)12-18(21)20(19)25-15-16-8-4-3-5-9-16/h3-5,8-9,12-13,22-23H,2,6-7,10-11,14-15H2,1H3. The van der Waals surface area contributed by atoms with E-state index in [9.17, 15) is 0 Å². The average molecular weight is 408 g/mol. The zero-order chi connectivity index (χ0) is 17.9. The van der Waals surface area contributed by atoms with E-state index in [1.807, 2.05) is 43.3 Å². The van der Waals surface area contributed by atoms with Crippen LogP contribution >= 0.6 is 15.9 Å². The van der Waals surface area contributed by atoms with Gasteiger partial charge in [-0.15, -0.1) is 0 Å². The Labute approximate surface area is 158 Å². The van der Waals surface area contributed by atoms with Gasteiger partial charge in [0, 0.05) is 13.2 Å². The summed E-state index contributed by atoms with van der Waals surface area (Å²) in [5.41, 5.74) is 2.25. The highest BCUT2D eigenvalue weighted by Crippen LogP contribution is 2.37. The number of ether oxygens (including phenoxy) is 2. The first-order chi connectivity index (χ1) is 12.2. The van der Waals surface area contributed by atoms with E-state index in [2.05, 4.69) is 27.3 Å². The van der Waals surface area contributed by atoms with Gasteiger partial charge in [-0.05, 0) is 65.5 Å². The molecule has 0 atom stereocenters. The lowest BCUT2D eigenvalue weighted by molar-refractivity contribution is 0.267. The Morgan fingerprint density at radius 2 is 1.84 bits per heavy atom. The number of benzene rings is 2. The van der Waals surface area contributed by atoms with Crippen LogP contribution < -0.4 is 14.8 Å². The Bertz CT molecular complexity index is 634. The molecule has 2 rings (SSSR count). The number of unbranched alkanes of at least 4 members (excludes halogenated alkanes) is 1. The summed E-state index contributed by atoms with van der Waals surface area (Å²) in [7, 11) is 0. The predicted octanol–water partition coefficient (Wildman–Crippen LogP) is 4.29. The molecule has 0 aliphatic rings. The Hall–Kier alpha value is -1.56. The second-order valence-electron chi connectivity index (χ2n) is 5.72. The molecule has 0 radical (unpaired) electrons. The van der Waals surface area contributed by atoms with Crippen LogP contribution in [-0.2, 0) is 13.2 Å². The van der Waals surface area contributed by atoms with E-state index in [-0.39, 0.29) is 6.61 Å². The van der Waals surface area contributed by atoms with Crippen molar-refractivity contribution < 1.29 is 14.6 Å². The summed E-state index contributed by atoms with van der Waals surface area (Å²) in [4.78, 5) is 0. The van der Waals surface area contributed by atoms with E-state index in [0.717, 1.165) is 53.0 Å². The van der Waals surface area contributed by atoms with Gasteiger partial charge in [-0.2, -0.15) is 0 Å². The monoisotopic (exact) mass is 407 g/mol. The van der Waals surface area contributed by atoms with Crippen molar-refractivity contribution in [1.29, 1.82) is 0 Å². The fraction of sp³-hybridized carbons (Fsp3) is 0.400. The largest absolute Gasteiger partial charge is 0.490 e. The maximum atomic E-state index is 8.81. The molecular weight excluding hydrogens is 382 g/mol. The first-order valence-corrected chi connectivity index (χ1v) is 9.47. The van der Waals surface area contributed by atoms with Gasteiger partial charge >= 0.3 is 0 Å². The van der Waals surface area contributed by atoms with E-state index < -0.39 is 0 Å². The minimum atomic E-state index is 0.245. The van der Waals surface area contributed by atoms with E-state index in [1.165, 1.54) is 0 Å². The molecule has 5 heteroatoms. The van der Waals surface area contributed by atoms with Crippen molar-refractivity contribution in [2.24, 2.45) is 0 Å². The van der Waals surface area contributed by atoms with Crippen LogP contribution in [0.15, 0.2) is 46.9 Å². The third kappa shape index (κ3) is 6.69. The minimum Gasteiger partial charge on any atom is -0.490 e. The third-order valence-electron chi connectivity index (χ3n) is 3.69. The summed E-state index contributed by atoms with van der Waals surface area (Å²) in [6.45, 7) is 4.93. The molecule has 0 bridgehead atoms. The fourth-order valence-electron chi connectivity index (χ4n) is 2.45. The highest BCUT2D eigenvalue weighted by atomic mass is 79.9. The summed E-state index contributed by atoms with van der Waals surface area (Å²) in [5.74, 6) is 1.48. The number of hydrogen-bond acceptors (Lipinski definition) is 4. The van der Waals surface area contributed by atoms with Gasteiger partial charge in [-0.3, -0.25) is 0 Å². The normalized spacial score (nSPS) is 10.7. The molecule has 0 spiro atoms. The van der Waals surface area contributed by atoms with Gasteiger partial charge in [0.05, 0.1) is 11.1 Å². The van der Waals surface area contributed by atoms with Crippen molar-refractivity contribution in [3.63, 3.8) is 0 Å². The number of halogens is 1. The number of aliphatic hydroxyl groups is 1. The average Bonchev–Trinajstić information content (AvgIpc) is 2.62. The van der Waals surface area contributed by atoms with Gasteiger partial charge in [0.1, 0.15) is 6.61 Å². The predicted molar refractivity (Wildman–Crippen MR) is 104 cm³/mol. The summed E-state index contributed by atoms with van der Waals surface area (Å²) in [5, 5.41) is 12.2. The molecule has 25 heavy (non-hydrogen) atoms. The first-order valence-electron chi connectivity index (χ1n) is 8.68. The van der Waals surface area contributed by atoms with Crippen LogP contribution in [0.2, 0.25) is 0 Å². The molecule has 0 aromatic heterocycles. The van der Waals surface area contributed by atoms with Crippen molar-refractivity contribution in [2.75, 3.05) is 19.8 Å². The van der Waals surface area contributed by atoms with Crippen LogP contribution in [0.3, 0.4) is 0 Å². The topological polar surface area (TPSA) is 50.7 Å². The molecule has 0 saturated heterocycles. The minimum absolute atomic E-state index is 0.245. The summed E-state index contributed by atoms with van der Waals surface area (Å²) in [6.07, 6.45) is 1.79. The Morgan fingerprint density at radius 1 is 1.04 bits per heavy atom. The molecule has 2 N–H and O–H groups in total. The van der Waals surface area contributed by atoms with Crippen molar-refractivity contribution in [2.45, 2.75) is 32.9 Å². The van der Waals surface area contributed by atoms with Gasteiger partial charge in [0.2, 0.25) is 0 Å². The lowest BCUT2D eigenvalue weighted by atomic mass is 10.2. The Balaban J connectivity index is 2.03. The molecule has 2 aromatic rings. The fourth-order valence-corrected chi connectivity index (χ4v) is 3.05. The molecule has 0 amide bonds. The van der Waals surface area contributed by atoms with Crippen LogP contribution in [0.5, 0.6) is 11.5 Å².